The van der Waals surface area contributed by atoms with Crippen LogP contribution in [0, 0.1) is 40.7 Å². The van der Waals surface area contributed by atoms with Gasteiger partial charge in [-0.15, -0.1) is 0 Å². The van der Waals surface area contributed by atoms with Gasteiger partial charge in [0.25, 0.3) is 0 Å². The largest absolute Gasteiger partial charge is 0.444 e. The lowest BCUT2D eigenvalue weighted by Gasteiger charge is -2.35. The lowest BCUT2D eigenvalue weighted by atomic mass is 9.89. The van der Waals surface area contributed by atoms with Crippen LogP contribution in [0.4, 0.5) is 35.5 Å². The van der Waals surface area contributed by atoms with E-state index in [1.807, 2.05) is 0 Å². The summed E-state index contributed by atoms with van der Waals surface area (Å²) < 4.78 is 106. The lowest BCUT2D eigenvalue weighted by Crippen LogP contribution is -2.47. The molecule has 4 rings (SSSR count). The van der Waals surface area contributed by atoms with E-state index in [9.17, 15) is 45.1 Å². The fourth-order valence-corrected chi connectivity index (χ4v) is 4.85. The van der Waals surface area contributed by atoms with Crippen LogP contribution in [-0.2, 0) is 16.1 Å². The molecular weight excluding hydrogens is 625 g/mol. The van der Waals surface area contributed by atoms with Gasteiger partial charge >= 0.3 is 12.1 Å². The van der Waals surface area contributed by atoms with Gasteiger partial charge in [0.15, 0.2) is 0 Å². The van der Waals surface area contributed by atoms with Gasteiger partial charge < -0.3 is 14.4 Å². The first-order valence-corrected chi connectivity index (χ1v) is 14.1. The molecule has 1 atom stereocenters. The molecule has 3 aromatic carbocycles. The van der Waals surface area contributed by atoms with Crippen LogP contribution in [0.3, 0.4) is 0 Å². The number of likely N-dealkylation sites (tertiary alicyclic amines) is 1. The monoisotopic (exact) mass is 654 g/mol. The standard InChI is InChI=1S/C32H29F7N2O5/c1-32(2,3)46-31(44)41(15-20-9-10-21(33)13-22(20)34)16-23(42)40-11-5-8-19(14-40)17-6-4-7-18(12-17)30(43)45-29-27(38)25(36)24(35)26(37)28(29)39/h4,6-7,9-10,12-13,19H,5,8,11,14-16H2,1-3H3. The summed E-state index contributed by atoms with van der Waals surface area (Å²) >= 11 is 0. The average molecular weight is 655 g/mol. The normalized spacial score (nSPS) is 15.0. The zero-order valence-corrected chi connectivity index (χ0v) is 24.9. The van der Waals surface area contributed by atoms with Crippen LogP contribution >= 0.6 is 0 Å². The van der Waals surface area contributed by atoms with Gasteiger partial charge in [-0.05, 0) is 57.4 Å². The summed E-state index contributed by atoms with van der Waals surface area (Å²) in [6.07, 6.45) is 0.170. The van der Waals surface area contributed by atoms with Crippen molar-refractivity contribution in [3.63, 3.8) is 0 Å². The van der Waals surface area contributed by atoms with Crippen molar-refractivity contribution in [1.29, 1.82) is 0 Å². The van der Waals surface area contributed by atoms with Crippen LogP contribution < -0.4 is 4.74 Å². The van der Waals surface area contributed by atoms with E-state index in [1.54, 1.807) is 26.8 Å². The van der Waals surface area contributed by atoms with E-state index in [1.165, 1.54) is 23.1 Å². The Morgan fingerprint density at radius 3 is 2.17 bits per heavy atom. The Hall–Kier alpha value is -4.62. The number of carbonyl (C=O) groups excluding carboxylic acids is 3. The van der Waals surface area contributed by atoms with Gasteiger partial charge in [0.2, 0.25) is 40.7 Å². The molecule has 7 nitrogen and oxygen atoms in total. The second kappa shape index (κ2) is 13.8. The smallest absolute Gasteiger partial charge is 0.411 e. The highest BCUT2D eigenvalue weighted by Crippen LogP contribution is 2.31. The molecule has 14 heteroatoms. The molecule has 1 heterocycles. The number of rotatable bonds is 7. The molecular formula is C32H29F7N2O5. The molecule has 1 saturated heterocycles. The molecule has 0 aliphatic carbocycles. The first-order chi connectivity index (χ1) is 21.6. The van der Waals surface area contributed by atoms with Crippen LogP contribution in [-0.4, -0.2) is 53.0 Å². The number of esters is 1. The minimum atomic E-state index is -2.40. The van der Waals surface area contributed by atoms with Crippen molar-refractivity contribution in [2.75, 3.05) is 19.6 Å². The van der Waals surface area contributed by atoms with Gasteiger partial charge in [0.05, 0.1) is 12.1 Å². The maximum absolute atomic E-state index is 14.4. The number of piperidine rings is 1. The molecule has 0 radical (unpaired) electrons. The molecule has 1 unspecified atom stereocenters. The summed E-state index contributed by atoms with van der Waals surface area (Å²) in [5, 5.41) is 0. The van der Waals surface area contributed by atoms with Crippen LogP contribution in [0.1, 0.15) is 61.0 Å². The van der Waals surface area contributed by atoms with E-state index >= 15 is 0 Å². The first kappa shape index (κ1) is 34.3. The predicted octanol–water partition coefficient (Wildman–Crippen LogP) is 7.02. The quantitative estimate of drug-likeness (QED) is 0.0900. The zero-order valence-electron chi connectivity index (χ0n) is 24.9. The molecule has 3 aromatic rings. The molecule has 1 aliphatic heterocycles. The van der Waals surface area contributed by atoms with Crippen molar-refractivity contribution in [2.45, 2.75) is 51.7 Å². The molecule has 0 spiro atoms. The van der Waals surface area contributed by atoms with Crippen molar-refractivity contribution < 1.29 is 54.6 Å². The van der Waals surface area contributed by atoms with Crippen LogP contribution in [0.15, 0.2) is 42.5 Å². The van der Waals surface area contributed by atoms with E-state index < -0.39 is 76.6 Å². The fourth-order valence-electron chi connectivity index (χ4n) is 4.85. The number of amides is 2. The van der Waals surface area contributed by atoms with Gasteiger partial charge in [0.1, 0.15) is 23.8 Å². The topological polar surface area (TPSA) is 76.2 Å². The van der Waals surface area contributed by atoms with E-state index in [0.717, 1.165) is 17.0 Å². The van der Waals surface area contributed by atoms with Gasteiger partial charge in [-0.1, -0.05) is 18.2 Å². The number of ether oxygens (including phenoxy) is 2. The molecule has 246 valence electrons. The van der Waals surface area contributed by atoms with Crippen molar-refractivity contribution in [3.8, 4) is 5.75 Å². The van der Waals surface area contributed by atoms with Crippen LogP contribution in [0.25, 0.3) is 0 Å². The Labute approximate surface area is 259 Å². The maximum Gasteiger partial charge on any atom is 0.411 e. The van der Waals surface area contributed by atoms with Crippen molar-refractivity contribution in [2.24, 2.45) is 0 Å². The lowest BCUT2D eigenvalue weighted by molar-refractivity contribution is -0.133. The number of carbonyl (C=O) groups is 3. The van der Waals surface area contributed by atoms with Crippen molar-refractivity contribution in [1.82, 2.24) is 9.80 Å². The van der Waals surface area contributed by atoms with Gasteiger partial charge in [-0.2, -0.15) is 8.78 Å². The molecule has 0 N–H and O–H groups in total. The Bertz CT molecular complexity index is 1630. The molecule has 2 amide bonds. The highest BCUT2D eigenvalue weighted by atomic mass is 19.2. The summed E-state index contributed by atoms with van der Waals surface area (Å²) in [7, 11) is 0. The SMILES string of the molecule is CC(C)(C)OC(=O)N(CC(=O)N1CCCC(c2cccc(C(=O)Oc3c(F)c(F)c(F)c(F)c3F)c2)C1)Cc1ccc(F)cc1F. The highest BCUT2D eigenvalue weighted by molar-refractivity contribution is 5.91. The summed E-state index contributed by atoms with van der Waals surface area (Å²) in [5.41, 5.74) is -0.700. The Kier molecular flexibility index (Phi) is 10.3. The van der Waals surface area contributed by atoms with Crippen molar-refractivity contribution >= 4 is 18.0 Å². The molecule has 46 heavy (non-hydrogen) atoms. The van der Waals surface area contributed by atoms with Gasteiger partial charge in [-0.25, -0.2) is 31.5 Å². The first-order valence-electron chi connectivity index (χ1n) is 14.1. The second-order valence-electron chi connectivity index (χ2n) is 11.7. The van der Waals surface area contributed by atoms with E-state index in [2.05, 4.69) is 4.74 Å². The molecule has 0 bridgehead atoms. The van der Waals surface area contributed by atoms with E-state index in [-0.39, 0.29) is 30.1 Å². The molecule has 0 saturated carbocycles. The second-order valence-corrected chi connectivity index (χ2v) is 11.7. The minimum absolute atomic E-state index is 0.0360. The number of nitrogens with zero attached hydrogens (tertiary/aromatic N) is 2. The molecule has 0 aromatic heterocycles. The summed E-state index contributed by atoms with van der Waals surface area (Å²) in [6, 6.07) is 8.43. The van der Waals surface area contributed by atoms with Gasteiger partial charge in [0, 0.05) is 30.6 Å². The van der Waals surface area contributed by atoms with E-state index in [0.29, 0.717) is 31.0 Å². The zero-order chi connectivity index (χ0) is 33.9. The predicted molar refractivity (Wildman–Crippen MR) is 149 cm³/mol. The van der Waals surface area contributed by atoms with Crippen LogP contribution in [0.5, 0.6) is 5.75 Å². The van der Waals surface area contributed by atoms with E-state index in [4.69, 9.17) is 4.74 Å². The van der Waals surface area contributed by atoms with Crippen molar-refractivity contribution in [3.05, 3.63) is 99.9 Å². The maximum atomic E-state index is 14.4. The summed E-state index contributed by atoms with van der Waals surface area (Å²) in [6.45, 7) is 4.42. The summed E-state index contributed by atoms with van der Waals surface area (Å²) in [5.74, 6) is -17.2. The molecule has 1 fully saturated rings. The Balaban J connectivity index is 1.49. The van der Waals surface area contributed by atoms with Crippen LogP contribution in [0.2, 0.25) is 0 Å². The highest BCUT2D eigenvalue weighted by Gasteiger charge is 2.31. The fraction of sp³-hybridized carbons (Fsp3) is 0.344. The Morgan fingerprint density at radius 1 is 0.891 bits per heavy atom. The van der Waals surface area contributed by atoms with Gasteiger partial charge in [-0.3, -0.25) is 9.69 Å². The minimum Gasteiger partial charge on any atom is -0.444 e. The number of hydrogen-bond acceptors (Lipinski definition) is 5. The molecule has 1 aliphatic rings. The number of hydrogen-bond donors (Lipinski definition) is 0. The number of halogens is 7. The Morgan fingerprint density at radius 2 is 1.54 bits per heavy atom. The third kappa shape index (κ3) is 7.96. The third-order valence-electron chi connectivity index (χ3n) is 7.09. The number of benzene rings is 3. The summed E-state index contributed by atoms with van der Waals surface area (Å²) in [4.78, 5) is 41.5. The third-order valence-corrected chi connectivity index (χ3v) is 7.09. The average Bonchev–Trinajstić information content (AvgIpc) is 3.01.